The number of nitrogens with zero attached hydrogens (tertiary/aromatic N) is 2. The van der Waals surface area contributed by atoms with Crippen molar-refractivity contribution in [3.8, 4) is 5.75 Å². The Morgan fingerprint density at radius 3 is 2.55 bits per heavy atom. The van der Waals surface area contributed by atoms with E-state index in [9.17, 15) is 0 Å². The molecular formula is C19H16N2O. The zero-order valence-corrected chi connectivity index (χ0v) is 12.4. The summed E-state index contributed by atoms with van der Waals surface area (Å²) in [5.74, 6) is 1.79. The fraction of sp³-hybridized carbons (Fsp3) is 0.105. The number of para-hydroxylation sites is 2. The van der Waals surface area contributed by atoms with Gasteiger partial charge in [-0.05, 0) is 35.0 Å². The van der Waals surface area contributed by atoms with Crippen molar-refractivity contribution in [2.45, 2.75) is 6.61 Å². The monoisotopic (exact) mass is 288 g/mol. The molecule has 108 valence electrons. The molecule has 4 rings (SSSR count). The minimum atomic E-state index is 0.462. The molecule has 0 saturated heterocycles. The maximum Gasteiger partial charge on any atom is 0.147 e. The van der Waals surface area contributed by atoms with E-state index in [0.29, 0.717) is 6.61 Å². The Hall–Kier alpha value is -2.81. The molecule has 0 aliphatic rings. The van der Waals surface area contributed by atoms with Crippen LogP contribution in [0.4, 0.5) is 0 Å². The molecule has 0 saturated carbocycles. The van der Waals surface area contributed by atoms with Crippen LogP contribution in [0.15, 0.2) is 66.7 Å². The second kappa shape index (κ2) is 5.19. The Kier molecular flexibility index (Phi) is 3.04. The van der Waals surface area contributed by atoms with Crippen LogP contribution in [0.5, 0.6) is 5.75 Å². The lowest BCUT2D eigenvalue weighted by molar-refractivity contribution is 0.293. The molecule has 3 aromatic carbocycles. The third-order valence-corrected chi connectivity index (χ3v) is 3.97. The quantitative estimate of drug-likeness (QED) is 0.562. The van der Waals surface area contributed by atoms with Gasteiger partial charge >= 0.3 is 0 Å². The average Bonchev–Trinajstić information content (AvgIpc) is 2.89. The topological polar surface area (TPSA) is 27.1 Å². The van der Waals surface area contributed by atoms with E-state index in [2.05, 4.69) is 39.9 Å². The van der Waals surface area contributed by atoms with Gasteiger partial charge in [0.2, 0.25) is 0 Å². The van der Waals surface area contributed by atoms with E-state index in [4.69, 9.17) is 4.74 Å². The van der Waals surface area contributed by atoms with Crippen LogP contribution in [-0.4, -0.2) is 9.55 Å². The number of hydrogen-bond donors (Lipinski definition) is 0. The van der Waals surface area contributed by atoms with Crippen LogP contribution in [0.1, 0.15) is 5.82 Å². The van der Waals surface area contributed by atoms with Crippen molar-refractivity contribution in [3.05, 3.63) is 72.6 Å². The highest BCUT2D eigenvalue weighted by atomic mass is 16.5. The number of hydrogen-bond acceptors (Lipinski definition) is 2. The molecule has 0 atom stereocenters. The van der Waals surface area contributed by atoms with Gasteiger partial charge in [0.25, 0.3) is 0 Å². The molecule has 1 aromatic heterocycles. The van der Waals surface area contributed by atoms with Crippen molar-refractivity contribution in [1.29, 1.82) is 0 Å². The summed E-state index contributed by atoms with van der Waals surface area (Å²) in [6.45, 7) is 0.462. The van der Waals surface area contributed by atoms with E-state index in [1.54, 1.807) is 0 Å². The van der Waals surface area contributed by atoms with Crippen molar-refractivity contribution < 1.29 is 4.74 Å². The normalized spacial score (nSPS) is 11.1. The molecule has 0 spiro atoms. The Labute approximate surface area is 128 Å². The molecule has 22 heavy (non-hydrogen) atoms. The van der Waals surface area contributed by atoms with Crippen molar-refractivity contribution in [2.75, 3.05) is 0 Å². The van der Waals surface area contributed by atoms with Gasteiger partial charge in [-0.2, -0.15) is 0 Å². The van der Waals surface area contributed by atoms with Gasteiger partial charge in [-0.1, -0.05) is 42.5 Å². The number of imidazole rings is 1. The Morgan fingerprint density at radius 1 is 0.909 bits per heavy atom. The highest BCUT2D eigenvalue weighted by Crippen LogP contribution is 2.22. The van der Waals surface area contributed by atoms with E-state index < -0.39 is 0 Å². The molecule has 0 unspecified atom stereocenters. The van der Waals surface area contributed by atoms with Crippen molar-refractivity contribution >= 4 is 21.8 Å². The van der Waals surface area contributed by atoms with Gasteiger partial charge in [-0.3, -0.25) is 0 Å². The first-order chi connectivity index (χ1) is 10.8. The summed E-state index contributed by atoms with van der Waals surface area (Å²) in [7, 11) is 2.02. The standard InChI is InChI=1S/C19H16N2O/c1-21-18-9-5-4-8-17(18)20-19(21)13-22-16-11-10-14-6-2-3-7-15(14)12-16/h2-12H,13H2,1H3. The highest BCUT2D eigenvalue weighted by Gasteiger charge is 2.07. The van der Waals surface area contributed by atoms with Gasteiger partial charge in [0.15, 0.2) is 0 Å². The van der Waals surface area contributed by atoms with Crippen molar-refractivity contribution in [1.82, 2.24) is 9.55 Å². The number of aromatic nitrogens is 2. The molecule has 0 N–H and O–H groups in total. The van der Waals surface area contributed by atoms with Gasteiger partial charge in [0.05, 0.1) is 11.0 Å². The molecule has 0 fully saturated rings. The molecule has 0 aliphatic heterocycles. The number of fused-ring (bicyclic) bond motifs is 2. The van der Waals surface area contributed by atoms with Crippen LogP contribution < -0.4 is 4.74 Å². The molecule has 0 radical (unpaired) electrons. The number of benzene rings is 3. The molecule has 4 aromatic rings. The predicted molar refractivity (Wildman–Crippen MR) is 89.0 cm³/mol. The van der Waals surface area contributed by atoms with Crippen LogP contribution in [0.2, 0.25) is 0 Å². The highest BCUT2D eigenvalue weighted by molar-refractivity contribution is 5.83. The molecule has 3 heteroatoms. The second-order valence-electron chi connectivity index (χ2n) is 5.37. The van der Waals surface area contributed by atoms with Gasteiger partial charge in [-0.25, -0.2) is 4.98 Å². The molecule has 0 aliphatic carbocycles. The van der Waals surface area contributed by atoms with Gasteiger partial charge in [0, 0.05) is 7.05 Å². The summed E-state index contributed by atoms with van der Waals surface area (Å²) < 4.78 is 8.01. The largest absolute Gasteiger partial charge is 0.486 e. The summed E-state index contributed by atoms with van der Waals surface area (Å²) >= 11 is 0. The van der Waals surface area contributed by atoms with Crippen LogP contribution in [0.3, 0.4) is 0 Å². The summed E-state index contributed by atoms with van der Waals surface area (Å²) in [5.41, 5.74) is 2.13. The second-order valence-corrected chi connectivity index (χ2v) is 5.37. The minimum absolute atomic E-state index is 0.462. The maximum absolute atomic E-state index is 5.93. The maximum atomic E-state index is 5.93. The van der Waals surface area contributed by atoms with Gasteiger partial charge in [-0.15, -0.1) is 0 Å². The van der Waals surface area contributed by atoms with Crippen molar-refractivity contribution in [2.24, 2.45) is 7.05 Å². The first-order valence-corrected chi connectivity index (χ1v) is 7.33. The summed E-state index contributed by atoms with van der Waals surface area (Å²) in [4.78, 5) is 4.63. The van der Waals surface area contributed by atoms with Crippen LogP contribution >= 0.6 is 0 Å². The summed E-state index contributed by atoms with van der Waals surface area (Å²) in [6.07, 6.45) is 0. The Morgan fingerprint density at radius 2 is 1.68 bits per heavy atom. The lowest BCUT2D eigenvalue weighted by atomic mass is 10.1. The zero-order chi connectivity index (χ0) is 14.9. The molecular weight excluding hydrogens is 272 g/mol. The fourth-order valence-electron chi connectivity index (χ4n) is 2.73. The number of ether oxygens (including phenoxy) is 1. The Balaban J connectivity index is 1.61. The summed E-state index contributed by atoms with van der Waals surface area (Å²) in [6, 6.07) is 22.6. The van der Waals surface area contributed by atoms with Crippen LogP contribution in [0.25, 0.3) is 21.8 Å². The molecule has 0 amide bonds. The SMILES string of the molecule is Cn1c(COc2ccc3ccccc3c2)nc2ccccc21. The minimum Gasteiger partial charge on any atom is -0.486 e. The van der Waals surface area contributed by atoms with E-state index in [-0.39, 0.29) is 0 Å². The lowest BCUT2D eigenvalue weighted by Gasteiger charge is -2.07. The average molecular weight is 288 g/mol. The first-order valence-electron chi connectivity index (χ1n) is 7.33. The van der Waals surface area contributed by atoms with E-state index in [1.807, 2.05) is 43.4 Å². The third-order valence-electron chi connectivity index (χ3n) is 3.97. The molecule has 1 heterocycles. The molecule has 0 bridgehead atoms. The van der Waals surface area contributed by atoms with Crippen molar-refractivity contribution in [3.63, 3.8) is 0 Å². The predicted octanol–water partition coefficient (Wildman–Crippen LogP) is 4.31. The molecule has 3 nitrogen and oxygen atoms in total. The lowest BCUT2D eigenvalue weighted by Crippen LogP contribution is -2.03. The van der Waals surface area contributed by atoms with Gasteiger partial charge in [0.1, 0.15) is 18.2 Å². The number of rotatable bonds is 3. The van der Waals surface area contributed by atoms with Crippen LogP contribution in [0, 0.1) is 0 Å². The fourth-order valence-corrected chi connectivity index (χ4v) is 2.73. The summed E-state index contributed by atoms with van der Waals surface area (Å²) in [5, 5.41) is 2.41. The van der Waals surface area contributed by atoms with E-state index in [1.165, 1.54) is 10.8 Å². The van der Waals surface area contributed by atoms with Gasteiger partial charge < -0.3 is 9.30 Å². The third kappa shape index (κ3) is 2.21. The number of aryl methyl sites for hydroxylation is 1. The smallest absolute Gasteiger partial charge is 0.147 e. The zero-order valence-electron chi connectivity index (χ0n) is 12.4. The van der Waals surface area contributed by atoms with E-state index in [0.717, 1.165) is 22.6 Å². The van der Waals surface area contributed by atoms with E-state index >= 15 is 0 Å². The van der Waals surface area contributed by atoms with Crippen LogP contribution in [-0.2, 0) is 13.7 Å². The first kappa shape index (κ1) is 12.9. The Bertz CT molecular complexity index is 956.